The first-order chi connectivity index (χ1) is 17.5. The lowest BCUT2D eigenvalue weighted by Gasteiger charge is -2.43. The van der Waals surface area contributed by atoms with Crippen molar-refractivity contribution in [3.05, 3.63) is 66.9 Å². The molecule has 2 aliphatic rings. The first kappa shape index (κ1) is 26.7. The van der Waals surface area contributed by atoms with E-state index in [0.29, 0.717) is 17.3 Å². The van der Waals surface area contributed by atoms with E-state index in [2.05, 4.69) is 17.1 Å². The molecule has 2 aromatic rings. The van der Waals surface area contributed by atoms with E-state index in [0.717, 1.165) is 25.7 Å². The van der Waals surface area contributed by atoms with Crippen LogP contribution in [-0.2, 0) is 19.6 Å². The van der Waals surface area contributed by atoms with Gasteiger partial charge in [0.1, 0.15) is 0 Å². The third-order valence-electron chi connectivity index (χ3n) is 7.03. The number of benzene rings is 2. The summed E-state index contributed by atoms with van der Waals surface area (Å²) in [6, 6.07) is 14.2. The standard InChI is InChI=1S/C27H34N4O5S/c1-19(2)31(25(32)21-11-9-20(3)10-12-21)27(26(33)34)17-18-30(29-27)23-15-13-22(14-16-23)28-37(35,36)24-7-5-4-6-8-24/h4-8,13-21,28-29H,9-12H2,1-3H3,(H,33,34). The average Bonchev–Trinajstić information content (AvgIpc) is 3.31. The van der Waals surface area contributed by atoms with E-state index in [4.69, 9.17) is 0 Å². The number of carbonyl (C=O) groups excluding carboxylic acids is 1. The number of carbonyl (C=O) groups is 2. The van der Waals surface area contributed by atoms with Gasteiger partial charge in [-0.2, -0.15) is 5.43 Å². The van der Waals surface area contributed by atoms with E-state index in [1.165, 1.54) is 28.1 Å². The van der Waals surface area contributed by atoms with Crippen molar-refractivity contribution < 1.29 is 23.1 Å². The lowest BCUT2D eigenvalue weighted by molar-refractivity contribution is -0.162. The van der Waals surface area contributed by atoms with Crippen molar-refractivity contribution in [3.63, 3.8) is 0 Å². The van der Waals surface area contributed by atoms with Crippen LogP contribution in [0.2, 0.25) is 0 Å². The monoisotopic (exact) mass is 526 g/mol. The lowest BCUT2D eigenvalue weighted by Crippen LogP contribution is -2.67. The zero-order chi connectivity index (χ0) is 26.8. The van der Waals surface area contributed by atoms with E-state index in [-0.39, 0.29) is 22.8 Å². The molecule has 3 N–H and O–H groups in total. The highest BCUT2D eigenvalue weighted by molar-refractivity contribution is 7.92. The van der Waals surface area contributed by atoms with Crippen molar-refractivity contribution in [2.24, 2.45) is 11.8 Å². The number of anilines is 2. The molecule has 4 rings (SSSR count). The fourth-order valence-electron chi connectivity index (χ4n) is 4.99. The number of rotatable bonds is 8. The Labute approximate surface area is 218 Å². The minimum atomic E-state index is -3.73. The fraction of sp³-hybridized carbons (Fsp3) is 0.407. The number of sulfonamides is 1. The Morgan fingerprint density at radius 1 is 1.05 bits per heavy atom. The van der Waals surface area contributed by atoms with E-state index < -0.39 is 21.7 Å². The number of hydrogen-bond donors (Lipinski definition) is 3. The van der Waals surface area contributed by atoms with Crippen LogP contribution >= 0.6 is 0 Å². The molecule has 1 saturated carbocycles. The van der Waals surface area contributed by atoms with Gasteiger partial charge in [-0.1, -0.05) is 25.1 Å². The summed E-state index contributed by atoms with van der Waals surface area (Å²) in [4.78, 5) is 27.8. The van der Waals surface area contributed by atoms with Gasteiger partial charge in [-0.25, -0.2) is 13.2 Å². The highest BCUT2D eigenvalue weighted by Crippen LogP contribution is 2.34. The summed E-state index contributed by atoms with van der Waals surface area (Å²) in [5.74, 6) is -0.959. The summed E-state index contributed by atoms with van der Waals surface area (Å²) in [5, 5.41) is 11.8. The Hall–Kier alpha value is -3.37. The third-order valence-corrected chi connectivity index (χ3v) is 8.43. The predicted molar refractivity (Wildman–Crippen MR) is 142 cm³/mol. The normalized spacial score (nSPS) is 23.7. The van der Waals surface area contributed by atoms with Crippen molar-refractivity contribution in [2.45, 2.75) is 63.1 Å². The van der Waals surface area contributed by atoms with Crippen LogP contribution in [0.3, 0.4) is 0 Å². The Morgan fingerprint density at radius 2 is 1.68 bits per heavy atom. The smallest absolute Gasteiger partial charge is 0.350 e. The second-order valence-corrected chi connectivity index (χ2v) is 11.8. The molecule has 0 aromatic heterocycles. The van der Waals surface area contributed by atoms with Crippen molar-refractivity contribution in [1.82, 2.24) is 10.3 Å². The number of carboxylic acids is 1. The van der Waals surface area contributed by atoms with Gasteiger partial charge in [0.05, 0.1) is 10.6 Å². The molecule has 1 atom stereocenters. The zero-order valence-corrected chi connectivity index (χ0v) is 22.1. The molecule has 0 spiro atoms. The van der Waals surface area contributed by atoms with E-state index >= 15 is 0 Å². The third kappa shape index (κ3) is 5.50. The first-order valence-corrected chi connectivity index (χ1v) is 14.0. The fourth-order valence-corrected chi connectivity index (χ4v) is 6.07. The van der Waals surface area contributed by atoms with E-state index in [1.54, 1.807) is 48.7 Å². The average molecular weight is 527 g/mol. The van der Waals surface area contributed by atoms with Crippen LogP contribution in [0.4, 0.5) is 11.4 Å². The molecule has 9 nitrogen and oxygen atoms in total. The molecule has 1 aliphatic carbocycles. The Kier molecular flexibility index (Phi) is 7.61. The minimum Gasteiger partial charge on any atom is -0.478 e. The molecule has 0 bridgehead atoms. The maximum atomic E-state index is 13.6. The number of carboxylic acid groups (broad SMARTS) is 1. The van der Waals surface area contributed by atoms with Crippen molar-refractivity contribution >= 4 is 33.3 Å². The summed E-state index contributed by atoms with van der Waals surface area (Å²) < 4.78 is 27.8. The molecule has 10 heteroatoms. The van der Waals surface area contributed by atoms with Crippen LogP contribution < -0.4 is 15.2 Å². The molecule has 1 aliphatic heterocycles. The van der Waals surface area contributed by atoms with Crippen LogP contribution in [0.1, 0.15) is 46.5 Å². The number of aliphatic carboxylic acids is 1. The summed E-state index contributed by atoms with van der Waals surface area (Å²) in [6.07, 6.45) is 6.50. The molecular formula is C27H34N4O5S. The summed E-state index contributed by atoms with van der Waals surface area (Å²) in [7, 11) is -3.73. The number of hydrazine groups is 1. The van der Waals surface area contributed by atoms with Gasteiger partial charge in [0.15, 0.2) is 0 Å². The van der Waals surface area contributed by atoms with Gasteiger partial charge in [0.2, 0.25) is 11.6 Å². The molecular weight excluding hydrogens is 492 g/mol. The predicted octanol–water partition coefficient (Wildman–Crippen LogP) is 4.17. The van der Waals surface area contributed by atoms with Gasteiger partial charge >= 0.3 is 5.97 Å². The van der Waals surface area contributed by atoms with Gasteiger partial charge in [0.25, 0.3) is 10.0 Å². The number of nitrogens with one attached hydrogen (secondary N) is 2. The topological polar surface area (TPSA) is 119 Å². The summed E-state index contributed by atoms with van der Waals surface area (Å²) in [5.41, 5.74) is 2.23. The highest BCUT2D eigenvalue weighted by atomic mass is 32.2. The molecule has 2 aromatic carbocycles. The van der Waals surface area contributed by atoms with Crippen molar-refractivity contribution in [3.8, 4) is 0 Å². The Bertz CT molecular complexity index is 1260. The highest BCUT2D eigenvalue weighted by Gasteiger charge is 2.51. The Morgan fingerprint density at radius 3 is 2.24 bits per heavy atom. The molecule has 1 unspecified atom stereocenters. The van der Waals surface area contributed by atoms with Crippen LogP contribution in [0.25, 0.3) is 0 Å². The van der Waals surface area contributed by atoms with Crippen LogP contribution in [0.5, 0.6) is 0 Å². The maximum absolute atomic E-state index is 13.6. The van der Waals surface area contributed by atoms with Crippen LogP contribution in [-0.4, -0.2) is 42.0 Å². The van der Waals surface area contributed by atoms with Gasteiger partial charge in [0, 0.05) is 23.8 Å². The number of amides is 1. The molecule has 1 fully saturated rings. The lowest BCUT2D eigenvalue weighted by atomic mass is 9.81. The summed E-state index contributed by atoms with van der Waals surface area (Å²) in [6.45, 7) is 5.82. The minimum absolute atomic E-state index is 0.153. The molecule has 0 radical (unpaired) electrons. The summed E-state index contributed by atoms with van der Waals surface area (Å²) >= 11 is 0. The zero-order valence-electron chi connectivity index (χ0n) is 21.3. The van der Waals surface area contributed by atoms with Gasteiger partial charge < -0.3 is 10.0 Å². The second kappa shape index (κ2) is 10.5. The molecule has 198 valence electrons. The van der Waals surface area contributed by atoms with Crippen LogP contribution in [0, 0.1) is 11.8 Å². The molecule has 37 heavy (non-hydrogen) atoms. The van der Waals surface area contributed by atoms with Crippen LogP contribution in [0.15, 0.2) is 71.8 Å². The first-order valence-electron chi connectivity index (χ1n) is 12.5. The molecule has 0 saturated heterocycles. The molecule has 1 amide bonds. The second-order valence-electron chi connectivity index (χ2n) is 10.1. The SMILES string of the molecule is CC1CCC(C(=O)N(C(C)C)C2(C(=O)O)C=CN(c3ccc(NS(=O)(=O)c4ccccc4)cc3)N2)CC1. The number of nitrogens with zero attached hydrogens (tertiary/aromatic N) is 2. The van der Waals surface area contributed by atoms with Gasteiger partial charge in [-0.05, 0) is 87.9 Å². The van der Waals surface area contributed by atoms with E-state index in [1.807, 2.05) is 13.8 Å². The maximum Gasteiger partial charge on any atom is 0.350 e. The quantitative estimate of drug-likeness (QED) is 0.472. The Balaban J connectivity index is 1.52. The number of hydrogen-bond acceptors (Lipinski definition) is 6. The van der Waals surface area contributed by atoms with Crippen molar-refractivity contribution in [2.75, 3.05) is 9.73 Å². The molecule has 1 heterocycles. The van der Waals surface area contributed by atoms with Gasteiger partial charge in [-0.3, -0.25) is 14.5 Å². The van der Waals surface area contributed by atoms with E-state index in [9.17, 15) is 23.1 Å². The largest absolute Gasteiger partial charge is 0.478 e. The van der Waals surface area contributed by atoms with Crippen molar-refractivity contribution in [1.29, 1.82) is 0 Å². The van der Waals surface area contributed by atoms with Gasteiger partial charge in [-0.15, -0.1) is 0 Å².